The van der Waals surface area contributed by atoms with Crippen LogP contribution in [0, 0.1) is 0 Å². The van der Waals surface area contributed by atoms with Gasteiger partial charge in [0.2, 0.25) is 0 Å². The summed E-state index contributed by atoms with van der Waals surface area (Å²) in [5.74, 6) is -0.916. The fourth-order valence-electron chi connectivity index (χ4n) is 1.06. The highest BCUT2D eigenvalue weighted by Crippen LogP contribution is 2.09. The largest absolute Gasteiger partial charge is 0.478 e. The molecule has 0 aliphatic heterocycles. The van der Waals surface area contributed by atoms with Crippen LogP contribution >= 0.6 is 12.4 Å². The number of aromatic carboxylic acids is 1. The van der Waals surface area contributed by atoms with Gasteiger partial charge >= 0.3 is 5.97 Å². The van der Waals surface area contributed by atoms with Crippen molar-refractivity contribution in [3.05, 3.63) is 29.8 Å². The Kier molecular flexibility index (Phi) is 6.49. The van der Waals surface area contributed by atoms with E-state index < -0.39 is 5.97 Å². The van der Waals surface area contributed by atoms with E-state index >= 15 is 0 Å². The Balaban J connectivity index is 0.00000196. The lowest BCUT2D eigenvalue weighted by molar-refractivity contribution is 0.0697. The van der Waals surface area contributed by atoms with Crippen molar-refractivity contribution < 1.29 is 14.6 Å². The van der Waals surface area contributed by atoms with E-state index in [0.717, 1.165) is 5.69 Å². The van der Waals surface area contributed by atoms with Gasteiger partial charge in [-0.2, -0.15) is 0 Å². The molecular weight excluding hydrogens is 218 g/mol. The number of anilines is 1. The van der Waals surface area contributed by atoms with Gasteiger partial charge in [0.1, 0.15) is 0 Å². The molecule has 0 aliphatic rings. The second-order valence-electron chi connectivity index (χ2n) is 2.81. The number of halogens is 1. The van der Waals surface area contributed by atoms with Crippen LogP contribution in [0.25, 0.3) is 0 Å². The number of hydrogen-bond donors (Lipinski definition) is 2. The van der Waals surface area contributed by atoms with Gasteiger partial charge in [-0.05, 0) is 18.2 Å². The molecule has 0 saturated carbocycles. The number of carbonyl (C=O) groups is 1. The minimum absolute atomic E-state index is 0. The molecule has 0 amide bonds. The fraction of sp³-hybridized carbons (Fsp3) is 0.300. The maximum atomic E-state index is 10.6. The van der Waals surface area contributed by atoms with Crippen LogP contribution in [0.15, 0.2) is 24.3 Å². The summed E-state index contributed by atoms with van der Waals surface area (Å²) in [7, 11) is 1.62. The zero-order valence-corrected chi connectivity index (χ0v) is 9.21. The van der Waals surface area contributed by atoms with Gasteiger partial charge in [0, 0.05) is 19.3 Å². The van der Waals surface area contributed by atoms with Gasteiger partial charge in [-0.3, -0.25) is 0 Å². The van der Waals surface area contributed by atoms with Crippen molar-refractivity contribution in [2.24, 2.45) is 0 Å². The lowest BCUT2D eigenvalue weighted by atomic mass is 10.2. The molecule has 0 atom stereocenters. The number of hydrogen-bond acceptors (Lipinski definition) is 3. The number of carboxylic acids is 1. The first-order valence-corrected chi connectivity index (χ1v) is 4.30. The highest BCUT2D eigenvalue weighted by atomic mass is 35.5. The first-order valence-electron chi connectivity index (χ1n) is 4.30. The number of ether oxygens (including phenoxy) is 1. The molecule has 0 radical (unpaired) electrons. The van der Waals surface area contributed by atoms with Gasteiger partial charge in [0.15, 0.2) is 0 Å². The number of nitrogens with one attached hydrogen (secondary N) is 1. The molecule has 1 aromatic rings. The second-order valence-corrected chi connectivity index (χ2v) is 2.81. The third-order valence-electron chi connectivity index (χ3n) is 1.74. The SMILES string of the molecule is COCCNc1cccc(C(=O)O)c1.Cl. The van der Waals surface area contributed by atoms with Crippen LogP contribution in [0.4, 0.5) is 5.69 Å². The van der Waals surface area contributed by atoms with Crippen LogP contribution < -0.4 is 5.32 Å². The topological polar surface area (TPSA) is 58.6 Å². The molecule has 1 aromatic carbocycles. The summed E-state index contributed by atoms with van der Waals surface area (Å²) in [6.45, 7) is 1.26. The smallest absolute Gasteiger partial charge is 0.335 e. The first-order chi connectivity index (χ1) is 6.74. The van der Waals surface area contributed by atoms with E-state index in [9.17, 15) is 4.79 Å². The van der Waals surface area contributed by atoms with Gasteiger partial charge in [0.25, 0.3) is 0 Å². The third-order valence-corrected chi connectivity index (χ3v) is 1.74. The van der Waals surface area contributed by atoms with Crippen LogP contribution in [0.1, 0.15) is 10.4 Å². The maximum absolute atomic E-state index is 10.6. The van der Waals surface area contributed by atoms with E-state index in [1.54, 1.807) is 25.3 Å². The number of benzene rings is 1. The molecule has 0 aliphatic carbocycles. The minimum Gasteiger partial charge on any atom is -0.478 e. The van der Waals surface area contributed by atoms with E-state index in [-0.39, 0.29) is 18.0 Å². The molecule has 0 heterocycles. The summed E-state index contributed by atoms with van der Waals surface area (Å²) >= 11 is 0. The van der Waals surface area contributed by atoms with Crippen molar-refractivity contribution in [1.29, 1.82) is 0 Å². The van der Waals surface area contributed by atoms with Gasteiger partial charge in [-0.1, -0.05) is 6.07 Å². The van der Waals surface area contributed by atoms with Crippen LogP contribution in [-0.4, -0.2) is 31.3 Å². The monoisotopic (exact) mass is 231 g/mol. The Morgan fingerprint density at radius 2 is 2.27 bits per heavy atom. The van der Waals surface area contributed by atoms with Gasteiger partial charge in [-0.25, -0.2) is 4.79 Å². The number of methoxy groups -OCH3 is 1. The van der Waals surface area contributed by atoms with Gasteiger partial charge in [-0.15, -0.1) is 12.4 Å². The number of rotatable bonds is 5. The summed E-state index contributed by atoms with van der Waals surface area (Å²) in [5, 5.41) is 11.8. The van der Waals surface area contributed by atoms with Crippen molar-refractivity contribution in [1.82, 2.24) is 0 Å². The summed E-state index contributed by atoms with van der Waals surface area (Å²) < 4.78 is 4.86. The van der Waals surface area contributed by atoms with E-state index in [1.807, 2.05) is 6.07 Å². The average molecular weight is 232 g/mol. The molecule has 0 unspecified atom stereocenters. The van der Waals surface area contributed by atoms with E-state index in [1.165, 1.54) is 0 Å². The van der Waals surface area contributed by atoms with E-state index in [2.05, 4.69) is 5.32 Å². The normalized spacial score (nSPS) is 9.13. The zero-order chi connectivity index (χ0) is 10.4. The molecule has 1 rings (SSSR count). The Morgan fingerprint density at radius 1 is 1.53 bits per heavy atom. The van der Waals surface area contributed by atoms with Crippen molar-refractivity contribution in [2.75, 3.05) is 25.6 Å². The Hall–Kier alpha value is -1.26. The molecule has 5 heteroatoms. The Labute approximate surface area is 94.7 Å². The van der Waals surface area contributed by atoms with Crippen LogP contribution in [0.3, 0.4) is 0 Å². The molecule has 15 heavy (non-hydrogen) atoms. The molecule has 0 spiro atoms. The third kappa shape index (κ3) is 4.67. The maximum Gasteiger partial charge on any atom is 0.335 e. The molecule has 4 nitrogen and oxygen atoms in total. The predicted octanol–water partition coefficient (Wildman–Crippen LogP) is 1.86. The Morgan fingerprint density at radius 3 is 2.87 bits per heavy atom. The second kappa shape index (κ2) is 7.09. The van der Waals surface area contributed by atoms with Crippen molar-refractivity contribution in [3.63, 3.8) is 0 Å². The fourth-order valence-corrected chi connectivity index (χ4v) is 1.06. The van der Waals surface area contributed by atoms with Crippen molar-refractivity contribution in [3.8, 4) is 0 Å². The molecule has 0 saturated heterocycles. The summed E-state index contributed by atoms with van der Waals surface area (Å²) in [4.78, 5) is 10.6. The van der Waals surface area contributed by atoms with E-state index in [0.29, 0.717) is 13.2 Å². The predicted molar refractivity (Wildman–Crippen MR) is 61.0 cm³/mol. The quantitative estimate of drug-likeness (QED) is 0.760. The zero-order valence-electron chi connectivity index (χ0n) is 8.40. The molecule has 0 bridgehead atoms. The van der Waals surface area contributed by atoms with E-state index in [4.69, 9.17) is 9.84 Å². The van der Waals surface area contributed by atoms with Crippen molar-refractivity contribution >= 4 is 24.1 Å². The standard InChI is InChI=1S/C10H13NO3.ClH/c1-14-6-5-11-9-4-2-3-8(7-9)10(12)13;/h2-4,7,11H,5-6H2,1H3,(H,12,13);1H. The molecule has 0 aromatic heterocycles. The Bertz CT molecular complexity index is 317. The van der Waals surface area contributed by atoms with Gasteiger partial charge < -0.3 is 15.2 Å². The lowest BCUT2D eigenvalue weighted by Gasteiger charge is -2.05. The first kappa shape index (κ1) is 13.7. The molecule has 0 fully saturated rings. The summed E-state index contributed by atoms with van der Waals surface area (Å²) in [5.41, 5.74) is 1.08. The van der Waals surface area contributed by atoms with Crippen molar-refractivity contribution in [2.45, 2.75) is 0 Å². The molecular formula is C10H14ClNO3. The lowest BCUT2D eigenvalue weighted by Crippen LogP contribution is -2.08. The van der Waals surface area contributed by atoms with Crippen LogP contribution in [-0.2, 0) is 4.74 Å². The number of carboxylic acid groups (broad SMARTS) is 1. The van der Waals surface area contributed by atoms with Crippen LogP contribution in [0.2, 0.25) is 0 Å². The minimum atomic E-state index is -0.916. The summed E-state index contributed by atoms with van der Waals surface area (Å²) in [6.07, 6.45) is 0. The molecule has 2 N–H and O–H groups in total. The highest BCUT2D eigenvalue weighted by molar-refractivity contribution is 5.88. The van der Waals surface area contributed by atoms with Crippen LogP contribution in [0.5, 0.6) is 0 Å². The molecule has 84 valence electrons. The van der Waals surface area contributed by atoms with Gasteiger partial charge in [0.05, 0.1) is 12.2 Å². The average Bonchev–Trinajstić information content (AvgIpc) is 2.19. The summed E-state index contributed by atoms with van der Waals surface area (Å²) in [6, 6.07) is 6.68. The highest BCUT2D eigenvalue weighted by Gasteiger charge is 2.01.